The zero-order valence-electron chi connectivity index (χ0n) is 21.6. The SMILES string of the molecule is CC(C)(F)COc1ccn2c(C(=O)NC3CC4(C3)CC(Oc3ncccc3C(N)=O)C4)cnc2c1C1CC1. The highest BCUT2D eigenvalue weighted by atomic mass is 19.1. The summed E-state index contributed by atoms with van der Waals surface area (Å²) in [5.41, 5.74) is 6.54. The first-order valence-corrected chi connectivity index (χ1v) is 13.1. The first-order chi connectivity index (χ1) is 18.1. The van der Waals surface area contributed by atoms with Crippen molar-refractivity contribution in [2.24, 2.45) is 11.1 Å². The van der Waals surface area contributed by atoms with E-state index in [1.807, 2.05) is 6.07 Å². The van der Waals surface area contributed by atoms with Crippen LogP contribution in [0.5, 0.6) is 11.6 Å². The fourth-order valence-corrected chi connectivity index (χ4v) is 5.85. The van der Waals surface area contributed by atoms with Crippen molar-refractivity contribution >= 4 is 17.5 Å². The Morgan fingerprint density at radius 1 is 1.21 bits per heavy atom. The lowest BCUT2D eigenvalue weighted by Gasteiger charge is -2.57. The van der Waals surface area contributed by atoms with Gasteiger partial charge in [0.25, 0.3) is 11.8 Å². The molecule has 200 valence electrons. The average molecular weight is 522 g/mol. The van der Waals surface area contributed by atoms with Crippen LogP contribution in [-0.4, -0.2) is 50.6 Å². The highest BCUT2D eigenvalue weighted by Crippen LogP contribution is 2.57. The Morgan fingerprint density at radius 3 is 2.66 bits per heavy atom. The lowest BCUT2D eigenvalue weighted by Crippen LogP contribution is -2.58. The lowest BCUT2D eigenvalue weighted by molar-refractivity contribution is -0.0848. The molecule has 0 aromatic carbocycles. The third kappa shape index (κ3) is 4.68. The highest BCUT2D eigenvalue weighted by Gasteiger charge is 2.54. The maximum atomic E-state index is 14.0. The monoisotopic (exact) mass is 521 g/mol. The molecular weight excluding hydrogens is 489 g/mol. The maximum absolute atomic E-state index is 14.0. The van der Waals surface area contributed by atoms with Crippen LogP contribution < -0.4 is 20.5 Å². The summed E-state index contributed by atoms with van der Waals surface area (Å²) in [6.45, 7) is 2.93. The molecule has 3 aliphatic carbocycles. The summed E-state index contributed by atoms with van der Waals surface area (Å²) in [5.74, 6) is 0.519. The molecule has 3 N–H and O–H groups in total. The van der Waals surface area contributed by atoms with Crippen molar-refractivity contribution in [2.45, 2.75) is 76.1 Å². The zero-order valence-corrected chi connectivity index (χ0v) is 21.6. The summed E-state index contributed by atoms with van der Waals surface area (Å²) in [5, 5.41) is 3.15. The number of nitrogens with zero attached hydrogens (tertiary/aromatic N) is 3. The second-order valence-corrected chi connectivity index (χ2v) is 11.7. The number of rotatable bonds is 9. The van der Waals surface area contributed by atoms with Crippen molar-refractivity contribution in [3.8, 4) is 11.6 Å². The number of pyridine rings is 2. The molecule has 3 fully saturated rings. The minimum atomic E-state index is -1.44. The molecule has 3 saturated carbocycles. The van der Waals surface area contributed by atoms with Crippen molar-refractivity contribution < 1.29 is 23.5 Å². The smallest absolute Gasteiger partial charge is 0.270 e. The number of primary amides is 1. The van der Waals surface area contributed by atoms with E-state index in [9.17, 15) is 14.0 Å². The second kappa shape index (κ2) is 8.96. The fourth-order valence-electron chi connectivity index (χ4n) is 5.85. The first kappa shape index (κ1) is 24.6. The Bertz CT molecular complexity index is 1400. The quantitative estimate of drug-likeness (QED) is 0.440. The summed E-state index contributed by atoms with van der Waals surface area (Å²) >= 11 is 0. The molecule has 38 heavy (non-hydrogen) atoms. The second-order valence-electron chi connectivity index (χ2n) is 11.7. The van der Waals surface area contributed by atoms with Crippen molar-refractivity contribution in [2.75, 3.05) is 6.61 Å². The van der Waals surface area contributed by atoms with E-state index in [-0.39, 0.29) is 41.5 Å². The van der Waals surface area contributed by atoms with Gasteiger partial charge in [-0.1, -0.05) is 0 Å². The van der Waals surface area contributed by atoms with Gasteiger partial charge in [0.05, 0.1) is 6.20 Å². The van der Waals surface area contributed by atoms with Gasteiger partial charge in [-0.15, -0.1) is 0 Å². The molecule has 0 bridgehead atoms. The third-order valence-electron chi connectivity index (χ3n) is 7.80. The number of nitrogens with one attached hydrogen (secondary N) is 1. The number of hydrogen-bond donors (Lipinski definition) is 2. The van der Waals surface area contributed by atoms with E-state index in [1.165, 1.54) is 13.8 Å². The molecule has 0 aliphatic heterocycles. The Hall–Kier alpha value is -3.69. The minimum absolute atomic E-state index is 0.0151. The molecule has 3 aromatic rings. The molecule has 0 atom stereocenters. The molecule has 3 heterocycles. The number of halogens is 1. The van der Waals surface area contributed by atoms with Crippen LogP contribution >= 0.6 is 0 Å². The van der Waals surface area contributed by atoms with Gasteiger partial charge in [-0.2, -0.15) is 0 Å². The number of nitrogens with two attached hydrogens (primary N) is 1. The van der Waals surface area contributed by atoms with Crippen molar-refractivity contribution in [1.82, 2.24) is 19.7 Å². The van der Waals surface area contributed by atoms with E-state index in [1.54, 1.807) is 35.1 Å². The molecule has 3 aromatic heterocycles. The summed E-state index contributed by atoms with van der Waals surface area (Å²) in [6, 6.07) is 5.16. The van der Waals surface area contributed by atoms with Crippen LogP contribution in [0.15, 0.2) is 36.8 Å². The maximum Gasteiger partial charge on any atom is 0.270 e. The van der Waals surface area contributed by atoms with Gasteiger partial charge in [0.15, 0.2) is 0 Å². The number of aromatic nitrogens is 3. The standard InChI is InChI=1S/C28H32FN5O4/c1-27(2,29)15-37-21-7-9-34-20(14-32-24(34)22(21)16-5-6-16)25(36)33-17-10-28(11-17)12-18(13-28)38-26-19(23(30)35)4-3-8-31-26/h3-4,7-9,14,16-18H,5-6,10-13,15H2,1-2H3,(H2,30,35)(H,33,36). The van der Waals surface area contributed by atoms with Crippen molar-refractivity contribution in [3.05, 3.63) is 53.6 Å². The topological polar surface area (TPSA) is 121 Å². The van der Waals surface area contributed by atoms with Crippen LogP contribution in [0.25, 0.3) is 5.65 Å². The molecule has 0 saturated heterocycles. The summed E-state index contributed by atoms with van der Waals surface area (Å²) in [6.07, 6.45) is 10.5. The molecule has 6 rings (SSSR count). The third-order valence-corrected chi connectivity index (χ3v) is 7.80. The number of ether oxygens (including phenoxy) is 2. The van der Waals surface area contributed by atoms with Crippen LogP contribution in [0.4, 0.5) is 4.39 Å². The van der Waals surface area contributed by atoms with Crippen LogP contribution in [-0.2, 0) is 0 Å². The predicted octanol–water partition coefficient (Wildman–Crippen LogP) is 3.95. The molecular formula is C28H32FN5O4. The van der Waals surface area contributed by atoms with Gasteiger partial charge in [0.2, 0.25) is 5.88 Å². The van der Waals surface area contributed by atoms with E-state index >= 15 is 0 Å². The summed E-state index contributed by atoms with van der Waals surface area (Å²) < 4.78 is 27.6. The molecule has 3 aliphatic rings. The Balaban J connectivity index is 1.07. The normalized spacial score (nSPS) is 24.5. The van der Waals surface area contributed by atoms with E-state index in [0.29, 0.717) is 23.0 Å². The lowest BCUT2D eigenvalue weighted by atomic mass is 9.53. The van der Waals surface area contributed by atoms with Crippen LogP contribution in [0, 0.1) is 5.41 Å². The first-order valence-electron chi connectivity index (χ1n) is 13.1. The Morgan fingerprint density at radius 2 is 1.97 bits per heavy atom. The largest absolute Gasteiger partial charge is 0.490 e. The Labute approximate surface area is 219 Å². The van der Waals surface area contributed by atoms with Gasteiger partial charge >= 0.3 is 0 Å². The number of alkyl halides is 1. The minimum Gasteiger partial charge on any atom is -0.490 e. The number of fused-ring (bicyclic) bond motifs is 1. The van der Waals surface area contributed by atoms with Gasteiger partial charge in [0, 0.05) is 24.0 Å². The van der Waals surface area contributed by atoms with E-state index in [4.69, 9.17) is 15.2 Å². The zero-order chi connectivity index (χ0) is 26.7. The highest BCUT2D eigenvalue weighted by molar-refractivity contribution is 5.95. The van der Waals surface area contributed by atoms with Gasteiger partial charge in [-0.25, -0.2) is 14.4 Å². The molecule has 9 nitrogen and oxygen atoms in total. The van der Waals surface area contributed by atoms with E-state index in [0.717, 1.165) is 44.1 Å². The van der Waals surface area contributed by atoms with Gasteiger partial charge in [0.1, 0.15) is 41.0 Å². The molecule has 2 amide bonds. The van der Waals surface area contributed by atoms with E-state index < -0.39 is 11.6 Å². The molecule has 10 heteroatoms. The molecule has 1 spiro atoms. The van der Waals surface area contributed by atoms with Crippen molar-refractivity contribution in [1.29, 1.82) is 0 Å². The van der Waals surface area contributed by atoms with Gasteiger partial charge < -0.3 is 20.5 Å². The number of hydrogen-bond acceptors (Lipinski definition) is 6. The molecule has 0 unspecified atom stereocenters. The van der Waals surface area contributed by atoms with Crippen LogP contribution in [0.3, 0.4) is 0 Å². The van der Waals surface area contributed by atoms with Crippen LogP contribution in [0.2, 0.25) is 0 Å². The van der Waals surface area contributed by atoms with Gasteiger partial charge in [-0.05, 0) is 81.9 Å². The summed E-state index contributed by atoms with van der Waals surface area (Å²) in [7, 11) is 0. The summed E-state index contributed by atoms with van der Waals surface area (Å²) in [4.78, 5) is 33.5. The number of carbonyl (C=O) groups excluding carboxylic acids is 2. The van der Waals surface area contributed by atoms with Crippen molar-refractivity contribution in [3.63, 3.8) is 0 Å². The van der Waals surface area contributed by atoms with E-state index in [2.05, 4.69) is 15.3 Å². The number of carbonyl (C=O) groups is 2. The van der Waals surface area contributed by atoms with Crippen LogP contribution in [0.1, 0.15) is 84.7 Å². The predicted molar refractivity (Wildman–Crippen MR) is 137 cm³/mol. The number of imidazole rings is 1. The average Bonchev–Trinajstić information content (AvgIpc) is 3.56. The van der Waals surface area contributed by atoms with Gasteiger partial charge in [-0.3, -0.25) is 14.0 Å². The number of amides is 2. The molecule has 0 radical (unpaired) electrons. The Kier molecular flexibility index (Phi) is 5.81. The fraction of sp³-hybridized carbons (Fsp3) is 0.500.